The number of halogens is 3. The average Bonchev–Trinajstić information content (AvgIpc) is 3.50. The van der Waals surface area contributed by atoms with Crippen molar-refractivity contribution in [3.8, 4) is 22.6 Å². The molecule has 0 spiro atoms. The van der Waals surface area contributed by atoms with E-state index in [1.807, 2.05) is 0 Å². The number of aryl methyl sites for hydroxylation is 1. The van der Waals surface area contributed by atoms with Crippen molar-refractivity contribution in [2.75, 3.05) is 18.1 Å². The van der Waals surface area contributed by atoms with Crippen LogP contribution in [0.2, 0.25) is 0 Å². The highest BCUT2D eigenvalue weighted by Crippen LogP contribution is 2.44. The van der Waals surface area contributed by atoms with Crippen LogP contribution in [0, 0.1) is 12.7 Å². The molecule has 0 saturated carbocycles. The molecule has 1 N–H and O–H groups in total. The SMILES string of the molecule is Cc1cc(C(F)F)c(-c2cc3c(n4cnnc24)N(C(=O)O)Cc2c(F)ccc4c2[C@@H](CO4)CO3)cn1. The number of pyridine rings is 2. The van der Waals surface area contributed by atoms with E-state index in [1.54, 1.807) is 6.92 Å². The van der Waals surface area contributed by atoms with Crippen LogP contribution in [-0.4, -0.2) is 44.0 Å². The van der Waals surface area contributed by atoms with Crippen molar-refractivity contribution in [3.05, 3.63) is 65.0 Å². The summed E-state index contributed by atoms with van der Waals surface area (Å²) in [6.07, 6.45) is -1.58. The van der Waals surface area contributed by atoms with Gasteiger partial charge in [-0.3, -0.25) is 14.3 Å². The fourth-order valence-electron chi connectivity index (χ4n) is 4.84. The Morgan fingerprint density at radius 2 is 1.94 bits per heavy atom. The second kappa shape index (κ2) is 8.11. The molecular weight excluding hydrogens is 479 g/mol. The smallest absolute Gasteiger partial charge is 0.413 e. The van der Waals surface area contributed by atoms with Gasteiger partial charge in [0.25, 0.3) is 6.43 Å². The molecule has 6 rings (SSSR count). The largest absolute Gasteiger partial charge is 0.493 e. The molecule has 2 aliphatic rings. The Balaban J connectivity index is 1.61. The molecule has 1 aromatic carbocycles. The monoisotopic (exact) mass is 497 g/mol. The van der Waals surface area contributed by atoms with Crippen molar-refractivity contribution in [1.29, 1.82) is 0 Å². The van der Waals surface area contributed by atoms with Crippen LogP contribution in [0.25, 0.3) is 16.8 Å². The lowest BCUT2D eigenvalue weighted by Crippen LogP contribution is -2.31. The third kappa shape index (κ3) is 3.32. The molecule has 3 aromatic heterocycles. The summed E-state index contributed by atoms with van der Waals surface area (Å²) >= 11 is 0. The van der Waals surface area contributed by atoms with Crippen LogP contribution >= 0.6 is 0 Å². The number of ether oxygens (including phenoxy) is 2. The summed E-state index contributed by atoms with van der Waals surface area (Å²) in [5.74, 6) is -0.336. The number of amides is 1. The van der Waals surface area contributed by atoms with E-state index >= 15 is 0 Å². The van der Waals surface area contributed by atoms with Crippen LogP contribution in [0.1, 0.15) is 34.7 Å². The summed E-state index contributed by atoms with van der Waals surface area (Å²) in [5, 5.41) is 18.1. The van der Waals surface area contributed by atoms with Crippen molar-refractivity contribution in [2.24, 2.45) is 0 Å². The van der Waals surface area contributed by atoms with Gasteiger partial charge < -0.3 is 14.6 Å². The highest BCUT2D eigenvalue weighted by Gasteiger charge is 2.35. The van der Waals surface area contributed by atoms with Crippen molar-refractivity contribution in [1.82, 2.24) is 19.6 Å². The Hall–Kier alpha value is -4.35. The fourth-order valence-corrected chi connectivity index (χ4v) is 4.84. The number of benzene rings is 1. The molecule has 2 aliphatic heterocycles. The predicted molar refractivity (Wildman–Crippen MR) is 120 cm³/mol. The maximum Gasteiger partial charge on any atom is 0.413 e. The van der Waals surface area contributed by atoms with E-state index < -0.39 is 18.3 Å². The minimum atomic E-state index is -2.79. The van der Waals surface area contributed by atoms with Gasteiger partial charge in [0.05, 0.1) is 25.7 Å². The van der Waals surface area contributed by atoms with Crippen LogP contribution in [-0.2, 0) is 6.54 Å². The van der Waals surface area contributed by atoms with Crippen LogP contribution in [0.15, 0.2) is 36.8 Å². The van der Waals surface area contributed by atoms with E-state index in [4.69, 9.17) is 9.47 Å². The molecule has 9 nitrogen and oxygen atoms in total. The van der Waals surface area contributed by atoms with Crippen molar-refractivity contribution in [3.63, 3.8) is 0 Å². The summed E-state index contributed by atoms with van der Waals surface area (Å²) in [6, 6.07) is 5.49. The van der Waals surface area contributed by atoms with Crippen molar-refractivity contribution < 1.29 is 32.5 Å². The highest BCUT2D eigenvalue weighted by molar-refractivity contribution is 5.91. The first-order valence-corrected chi connectivity index (χ1v) is 11.0. The zero-order chi connectivity index (χ0) is 25.1. The molecule has 1 atom stereocenters. The molecule has 0 unspecified atom stereocenters. The van der Waals surface area contributed by atoms with Crippen LogP contribution < -0.4 is 14.4 Å². The first kappa shape index (κ1) is 22.1. The Morgan fingerprint density at radius 1 is 1.17 bits per heavy atom. The lowest BCUT2D eigenvalue weighted by Gasteiger charge is -2.24. The summed E-state index contributed by atoms with van der Waals surface area (Å²) in [5.41, 5.74) is 1.37. The van der Waals surface area contributed by atoms with Crippen LogP contribution in [0.3, 0.4) is 0 Å². The van der Waals surface area contributed by atoms with Crippen LogP contribution in [0.4, 0.5) is 23.8 Å². The lowest BCUT2D eigenvalue weighted by atomic mass is 9.95. The molecule has 0 aliphatic carbocycles. The minimum absolute atomic E-state index is 0.0304. The Labute approximate surface area is 201 Å². The molecule has 184 valence electrons. The number of nitrogens with zero attached hydrogens (tertiary/aromatic N) is 5. The first-order chi connectivity index (χ1) is 17.3. The topological polar surface area (TPSA) is 102 Å². The van der Waals surface area contributed by atoms with Gasteiger partial charge in [-0.1, -0.05) is 0 Å². The predicted octanol–water partition coefficient (Wildman–Crippen LogP) is 4.73. The standard InChI is InChI=1S/C24H18F3N5O4/c1-11-4-13(21(26)27)15(6-28-11)14-5-19-23(32-10-29-30-22(14)32)31(24(33)34)7-16-17(25)2-3-18-20(16)12(8-35-18)9-36-19/h2-6,10,12,21H,7-9H2,1H3,(H,33,34)/t12-/m0/s1. The number of carbonyl (C=O) groups is 1. The zero-order valence-electron chi connectivity index (χ0n) is 18.8. The average molecular weight is 497 g/mol. The molecular formula is C24H18F3N5O4. The minimum Gasteiger partial charge on any atom is -0.493 e. The van der Waals surface area contributed by atoms with Crippen molar-refractivity contribution >= 4 is 17.6 Å². The van der Waals surface area contributed by atoms with E-state index in [0.29, 0.717) is 17.0 Å². The van der Waals surface area contributed by atoms with Gasteiger partial charge in [0.1, 0.15) is 17.9 Å². The van der Waals surface area contributed by atoms with E-state index in [0.717, 1.165) is 4.90 Å². The summed E-state index contributed by atoms with van der Waals surface area (Å²) in [6.45, 7) is 1.55. The number of aromatic nitrogens is 4. The van der Waals surface area contributed by atoms with Crippen LogP contribution in [0.5, 0.6) is 11.5 Å². The van der Waals surface area contributed by atoms with Gasteiger partial charge in [0.15, 0.2) is 17.2 Å². The Kier molecular flexibility index (Phi) is 4.99. The van der Waals surface area contributed by atoms with Gasteiger partial charge in [0.2, 0.25) is 0 Å². The molecule has 4 aromatic rings. The fraction of sp³-hybridized carbons (Fsp3) is 0.250. The maximum absolute atomic E-state index is 15.0. The third-order valence-electron chi connectivity index (χ3n) is 6.46. The van der Waals surface area contributed by atoms with Gasteiger partial charge in [-0.2, -0.15) is 0 Å². The molecule has 5 heterocycles. The van der Waals surface area contributed by atoms with E-state index in [9.17, 15) is 23.1 Å². The molecule has 12 heteroatoms. The molecule has 0 radical (unpaired) electrons. The molecule has 0 bridgehead atoms. The van der Waals surface area contributed by atoms with E-state index in [-0.39, 0.29) is 65.1 Å². The summed E-state index contributed by atoms with van der Waals surface area (Å²) in [7, 11) is 0. The van der Waals surface area contributed by atoms with Crippen molar-refractivity contribution in [2.45, 2.75) is 25.8 Å². The zero-order valence-corrected chi connectivity index (χ0v) is 18.8. The van der Waals surface area contributed by atoms with E-state index in [2.05, 4.69) is 15.2 Å². The van der Waals surface area contributed by atoms with E-state index in [1.165, 1.54) is 41.2 Å². The highest BCUT2D eigenvalue weighted by atomic mass is 19.3. The number of carboxylic acid groups (broad SMARTS) is 1. The number of hydrogen-bond acceptors (Lipinski definition) is 6. The number of hydrogen-bond donors (Lipinski definition) is 1. The second-order valence-corrected chi connectivity index (χ2v) is 8.61. The quantitative estimate of drug-likeness (QED) is 0.427. The molecule has 36 heavy (non-hydrogen) atoms. The Morgan fingerprint density at radius 3 is 2.69 bits per heavy atom. The van der Waals surface area contributed by atoms with Gasteiger partial charge in [-0.15, -0.1) is 10.2 Å². The maximum atomic E-state index is 15.0. The van der Waals surface area contributed by atoms with Gasteiger partial charge in [0, 0.05) is 39.7 Å². The molecule has 0 saturated heterocycles. The Bertz CT molecular complexity index is 1540. The second-order valence-electron chi connectivity index (χ2n) is 8.61. The molecule has 0 fully saturated rings. The number of rotatable bonds is 2. The number of alkyl halides is 2. The third-order valence-corrected chi connectivity index (χ3v) is 6.46. The lowest BCUT2D eigenvalue weighted by molar-refractivity contribution is 0.152. The first-order valence-electron chi connectivity index (χ1n) is 11.0. The normalized spacial score (nSPS) is 16.6. The van der Waals surface area contributed by atoms with Gasteiger partial charge in [-0.05, 0) is 31.2 Å². The molecule has 1 amide bonds. The summed E-state index contributed by atoms with van der Waals surface area (Å²) in [4.78, 5) is 17.5. The number of fused-ring (bicyclic) bond motifs is 3. The number of anilines is 1. The summed E-state index contributed by atoms with van der Waals surface area (Å²) < 4.78 is 56.0. The van der Waals surface area contributed by atoms with Gasteiger partial charge in [-0.25, -0.2) is 18.0 Å². The van der Waals surface area contributed by atoms with Gasteiger partial charge >= 0.3 is 6.09 Å².